The predicted molar refractivity (Wildman–Crippen MR) is 106 cm³/mol. The minimum Gasteiger partial charge on any atom is -0.507 e. The lowest BCUT2D eigenvalue weighted by atomic mass is 10.0. The lowest BCUT2D eigenvalue weighted by Gasteiger charge is -2.13. The Balaban J connectivity index is 2.47. The van der Waals surface area contributed by atoms with Crippen LogP contribution in [0.15, 0.2) is 6.07 Å². The van der Waals surface area contributed by atoms with Crippen LogP contribution >= 0.6 is 22.6 Å². The number of hydrogen-bond acceptors (Lipinski definition) is 8. The number of nitrogens with one attached hydrogen (secondary N) is 1. The number of hydrogen-bond donors (Lipinski definition) is 5. The third-order valence-electron chi connectivity index (χ3n) is 4.10. The topological polar surface area (TPSA) is 159 Å². The van der Waals surface area contributed by atoms with E-state index in [1.54, 1.807) is 0 Å². The van der Waals surface area contributed by atoms with Crippen LogP contribution in [0.5, 0.6) is 17.2 Å². The number of amides is 1. The van der Waals surface area contributed by atoms with Crippen molar-refractivity contribution in [3.63, 3.8) is 0 Å². The van der Waals surface area contributed by atoms with Crippen LogP contribution in [0.1, 0.15) is 26.3 Å². The fourth-order valence-corrected chi connectivity index (χ4v) is 3.52. The van der Waals surface area contributed by atoms with Gasteiger partial charge in [-0.2, -0.15) is 0 Å². The second-order valence-corrected chi connectivity index (χ2v) is 6.93. The Morgan fingerprint density at radius 3 is 2.48 bits per heavy atom. The minimum absolute atomic E-state index is 0.0356. The molecular weight excluding hydrogens is 467 g/mol. The van der Waals surface area contributed by atoms with Gasteiger partial charge in [-0.1, -0.05) is 0 Å². The zero-order chi connectivity index (χ0) is 19.9. The van der Waals surface area contributed by atoms with Crippen LogP contribution in [0.25, 0.3) is 22.1 Å². The van der Waals surface area contributed by atoms with E-state index >= 15 is 0 Å². The first kappa shape index (κ1) is 19.0. The number of aldehydes is 1. The number of benzene rings is 2. The van der Waals surface area contributed by atoms with Gasteiger partial charge >= 0.3 is 0 Å². The summed E-state index contributed by atoms with van der Waals surface area (Å²) in [6, 6.07) is 1.34. The van der Waals surface area contributed by atoms with Crippen LogP contribution < -0.4 is 11.1 Å². The van der Waals surface area contributed by atoms with E-state index in [4.69, 9.17) is 5.73 Å². The molecule has 10 heteroatoms. The lowest BCUT2D eigenvalue weighted by Crippen LogP contribution is -2.30. The van der Waals surface area contributed by atoms with Crippen LogP contribution in [0.4, 0.5) is 0 Å². The SMILES string of the molecule is Cc1c(O)c(C=O)c2nc3c(O)cc(I)c(C(=O)NCCN)c3nc2c1O. The Kier molecular flexibility index (Phi) is 5.02. The summed E-state index contributed by atoms with van der Waals surface area (Å²) >= 11 is 1.88. The molecule has 0 saturated carbocycles. The molecule has 0 aliphatic rings. The molecule has 1 aromatic heterocycles. The van der Waals surface area contributed by atoms with E-state index in [-0.39, 0.29) is 63.3 Å². The van der Waals surface area contributed by atoms with Crippen molar-refractivity contribution < 1.29 is 24.9 Å². The molecule has 3 aromatic rings. The number of carbonyl (C=O) groups excluding carboxylic acids is 2. The lowest BCUT2D eigenvalue weighted by molar-refractivity contribution is 0.0955. The number of nitrogens with zero attached hydrogens (tertiary/aromatic N) is 2. The normalized spacial score (nSPS) is 11.1. The molecule has 0 bridgehead atoms. The number of fused-ring (bicyclic) bond motifs is 2. The predicted octanol–water partition coefficient (Wildman–Crippen LogP) is 1.31. The van der Waals surface area contributed by atoms with Gasteiger partial charge in [0.25, 0.3) is 5.91 Å². The Morgan fingerprint density at radius 2 is 1.85 bits per heavy atom. The molecule has 1 heterocycles. The molecule has 140 valence electrons. The highest BCUT2D eigenvalue weighted by Crippen LogP contribution is 2.39. The minimum atomic E-state index is -0.464. The Hall–Kier alpha value is -2.73. The molecule has 0 aliphatic heterocycles. The van der Waals surface area contributed by atoms with E-state index in [1.165, 1.54) is 13.0 Å². The number of aromatic hydroxyl groups is 3. The largest absolute Gasteiger partial charge is 0.507 e. The van der Waals surface area contributed by atoms with E-state index in [1.807, 2.05) is 22.6 Å². The first-order valence-corrected chi connectivity index (χ1v) is 8.90. The smallest absolute Gasteiger partial charge is 0.254 e. The average molecular weight is 482 g/mol. The maximum Gasteiger partial charge on any atom is 0.254 e. The second-order valence-electron chi connectivity index (χ2n) is 5.77. The molecule has 0 aliphatic carbocycles. The number of phenolic OH excluding ortho intramolecular Hbond substituents is 3. The van der Waals surface area contributed by atoms with Gasteiger partial charge in [0.2, 0.25) is 0 Å². The Bertz CT molecular complexity index is 1120. The molecule has 0 radical (unpaired) electrons. The van der Waals surface area contributed by atoms with Gasteiger partial charge in [0.05, 0.1) is 11.1 Å². The van der Waals surface area contributed by atoms with Gasteiger partial charge < -0.3 is 26.4 Å². The molecule has 1 amide bonds. The molecule has 0 spiro atoms. The molecule has 2 aromatic carbocycles. The first-order chi connectivity index (χ1) is 12.8. The third-order valence-corrected chi connectivity index (χ3v) is 4.95. The van der Waals surface area contributed by atoms with Gasteiger partial charge in [-0.05, 0) is 35.6 Å². The molecular formula is C17H15IN4O5. The van der Waals surface area contributed by atoms with Crippen LogP contribution in [0.3, 0.4) is 0 Å². The zero-order valence-corrected chi connectivity index (χ0v) is 16.2. The van der Waals surface area contributed by atoms with Crippen LogP contribution in [-0.2, 0) is 0 Å². The quantitative estimate of drug-likeness (QED) is 0.212. The van der Waals surface area contributed by atoms with E-state index in [0.29, 0.717) is 9.86 Å². The molecule has 0 fully saturated rings. The van der Waals surface area contributed by atoms with Crippen molar-refractivity contribution in [2.45, 2.75) is 6.92 Å². The highest BCUT2D eigenvalue weighted by atomic mass is 127. The fraction of sp³-hybridized carbons (Fsp3) is 0.176. The van der Waals surface area contributed by atoms with Gasteiger partial charge in [0.1, 0.15) is 39.3 Å². The fourth-order valence-electron chi connectivity index (χ4n) is 2.72. The summed E-state index contributed by atoms with van der Waals surface area (Å²) in [4.78, 5) is 32.5. The van der Waals surface area contributed by atoms with Gasteiger partial charge in [-0.3, -0.25) is 9.59 Å². The highest BCUT2D eigenvalue weighted by Gasteiger charge is 2.24. The summed E-state index contributed by atoms with van der Waals surface area (Å²) in [6.45, 7) is 1.91. The molecule has 0 atom stereocenters. The number of carbonyl (C=O) groups is 2. The number of phenols is 3. The molecule has 0 saturated heterocycles. The molecule has 6 N–H and O–H groups in total. The number of halogens is 1. The van der Waals surface area contributed by atoms with Crippen molar-refractivity contribution in [2.75, 3.05) is 13.1 Å². The zero-order valence-electron chi connectivity index (χ0n) is 14.1. The van der Waals surface area contributed by atoms with Gasteiger partial charge in [0.15, 0.2) is 6.29 Å². The summed E-state index contributed by atoms with van der Waals surface area (Å²) < 4.78 is 0.423. The number of aromatic nitrogens is 2. The van der Waals surface area contributed by atoms with E-state index in [2.05, 4.69) is 15.3 Å². The average Bonchev–Trinajstić information content (AvgIpc) is 2.64. The van der Waals surface area contributed by atoms with E-state index in [9.17, 15) is 24.9 Å². The van der Waals surface area contributed by atoms with Crippen molar-refractivity contribution in [1.29, 1.82) is 0 Å². The number of rotatable bonds is 4. The first-order valence-electron chi connectivity index (χ1n) is 7.82. The maximum absolute atomic E-state index is 12.5. The van der Waals surface area contributed by atoms with Crippen molar-refractivity contribution in [1.82, 2.24) is 15.3 Å². The van der Waals surface area contributed by atoms with Crippen LogP contribution in [-0.4, -0.2) is 50.6 Å². The third kappa shape index (κ3) is 3.00. The summed E-state index contributed by atoms with van der Waals surface area (Å²) in [5, 5.41) is 33.4. The monoisotopic (exact) mass is 482 g/mol. The highest BCUT2D eigenvalue weighted by molar-refractivity contribution is 14.1. The summed E-state index contributed by atoms with van der Waals surface area (Å²) in [5.41, 5.74) is 5.34. The molecule has 9 nitrogen and oxygen atoms in total. The van der Waals surface area contributed by atoms with Gasteiger partial charge in [-0.15, -0.1) is 0 Å². The summed E-state index contributed by atoms with van der Waals surface area (Å²) in [5.74, 6) is -1.51. The molecule has 27 heavy (non-hydrogen) atoms. The summed E-state index contributed by atoms with van der Waals surface area (Å²) in [7, 11) is 0. The van der Waals surface area contributed by atoms with Crippen LogP contribution in [0.2, 0.25) is 0 Å². The Morgan fingerprint density at radius 1 is 1.19 bits per heavy atom. The van der Waals surface area contributed by atoms with Crippen molar-refractivity contribution >= 4 is 56.9 Å². The Labute approximate surface area is 166 Å². The van der Waals surface area contributed by atoms with Gasteiger partial charge in [0, 0.05) is 22.2 Å². The van der Waals surface area contributed by atoms with E-state index in [0.717, 1.165) is 0 Å². The van der Waals surface area contributed by atoms with E-state index < -0.39 is 11.7 Å². The van der Waals surface area contributed by atoms with Crippen LogP contribution in [0, 0.1) is 10.5 Å². The molecule has 0 unspecified atom stereocenters. The maximum atomic E-state index is 12.5. The number of nitrogens with two attached hydrogens (primary N) is 1. The van der Waals surface area contributed by atoms with Crippen molar-refractivity contribution in [2.24, 2.45) is 5.73 Å². The standard InChI is InChI=1S/C17H15IN4O5/c1-6-15(25)7(5-23)11-14(16(6)26)22-13-10(17(27)20-3-2-19)8(18)4-9(24)12(13)21-11/h4-5,24-26H,2-3,19H2,1H3,(H,20,27). The second kappa shape index (κ2) is 7.12. The summed E-state index contributed by atoms with van der Waals surface area (Å²) in [6.07, 6.45) is 0.392. The van der Waals surface area contributed by atoms with Gasteiger partial charge in [-0.25, -0.2) is 9.97 Å². The molecule has 3 rings (SSSR count). The van der Waals surface area contributed by atoms with Crippen molar-refractivity contribution in [3.05, 3.63) is 26.3 Å². The van der Waals surface area contributed by atoms with Crippen molar-refractivity contribution in [3.8, 4) is 17.2 Å².